The molecular weight excluding hydrogens is 464 g/mol. The predicted molar refractivity (Wildman–Crippen MR) is 134 cm³/mol. The molecule has 4 rings (SSSR count). The molecule has 2 aromatic heterocycles. The molecule has 2 N–H and O–H groups in total. The number of rotatable bonds is 9. The van der Waals surface area contributed by atoms with Crippen LogP contribution in [0.25, 0.3) is 22.5 Å². The SMILES string of the molecule is CCSc1nc(C(=O)OCc2ccc(-c3ccccc3-c3nnn[nH]3)cc2)c(C(C)(C)O)n1CC. The summed E-state index contributed by atoms with van der Waals surface area (Å²) in [5.41, 5.74) is 3.08. The number of ether oxygens (including phenoxy) is 1. The van der Waals surface area contributed by atoms with Gasteiger partial charge in [-0.15, -0.1) is 5.10 Å². The second-order valence-corrected chi connectivity index (χ2v) is 9.63. The molecule has 2 heterocycles. The average molecular weight is 493 g/mol. The number of H-pyrrole nitrogens is 1. The third kappa shape index (κ3) is 5.28. The number of thioether (sulfide) groups is 1. The lowest BCUT2D eigenvalue weighted by atomic mass is 9.98. The van der Waals surface area contributed by atoms with Crippen LogP contribution in [0.15, 0.2) is 53.7 Å². The van der Waals surface area contributed by atoms with E-state index in [9.17, 15) is 9.90 Å². The summed E-state index contributed by atoms with van der Waals surface area (Å²) in [6.45, 7) is 7.97. The van der Waals surface area contributed by atoms with Gasteiger partial charge >= 0.3 is 5.97 Å². The number of nitrogens with zero attached hydrogens (tertiary/aromatic N) is 5. The Balaban J connectivity index is 1.53. The molecule has 35 heavy (non-hydrogen) atoms. The maximum absolute atomic E-state index is 13.0. The third-order valence-electron chi connectivity index (χ3n) is 5.46. The van der Waals surface area contributed by atoms with Crippen LogP contribution in [0.2, 0.25) is 0 Å². The molecule has 0 aliphatic heterocycles. The van der Waals surface area contributed by atoms with Crippen LogP contribution in [0.4, 0.5) is 0 Å². The number of benzene rings is 2. The Morgan fingerprint density at radius 1 is 1.11 bits per heavy atom. The Morgan fingerprint density at radius 2 is 1.83 bits per heavy atom. The van der Waals surface area contributed by atoms with E-state index in [-0.39, 0.29) is 12.3 Å². The quantitative estimate of drug-likeness (QED) is 0.260. The summed E-state index contributed by atoms with van der Waals surface area (Å²) in [6.07, 6.45) is 0. The van der Waals surface area contributed by atoms with Gasteiger partial charge in [0.15, 0.2) is 16.7 Å². The molecule has 4 aromatic rings. The molecule has 0 saturated carbocycles. The highest BCUT2D eigenvalue weighted by molar-refractivity contribution is 7.99. The first-order chi connectivity index (χ1) is 16.8. The number of carbonyl (C=O) groups excluding carboxylic acids is 1. The number of hydrogen-bond donors (Lipinski definition) is 2. The fraction of sp³-hybridized carbons (Fsp3) is 0.320. The summed E-state index contributed by atoms with van der Waals surface area (Å²) >= 11 is 1.53. The molecule has 0 amide bonds. The maximum Gasteiger partial charge on any atom is 0.359 e. The first-order valence-electron chi connectivity index (χ1n) is 11.4. The third-order valence-corrected chi connectivity index (χ3v) is 6.32. The molecule has 0 radical (unpaired) electrons. The number of nitrogens with one attached hydrogen (secondary N) is 1. The van der Waals surface area contributed by atoms with Crippen LogP contribution >= 0.6 is 11.8 Å². The van der Waals surface area contributed by atoms with E-state index in [1.807, 2.05) is 66.9 Å². The van der Waals surface area contributed by atoms with Crippen LogP contribution in [0.5, 0.6) is 0 Å². The van der Waals surface area contributed by atoms with Crippen LogP contribution in [-0.4, -0.2) is 47.0 Å². The number of tetrazole rings is 1. The normalized spacial score (nSPS) is 11.6. The highest BCUT2D eigenvalue weighted by atomic mass is 32.2. The lowest BCUT2D eigenvalue weighted by Crippen LogP contribution is -2.24. The fourth-order valence-corrected chi connectivity index (χ4v) is 4.73. The van der Waals surface area contributed by atoms with Crippen molar-refractivity contribution in [2.75, 3.05) is 5.75 Å². The number of carbonyl (C=O) groups is 1. The highest BCUT2D eigenvalue weighted by Gasteiger charge is 2.32. The van der Waals surface area contributed by atoms with Crippen LogP contribution < -0.4 is 0 Å². The molecule has 0 aliphatic carbocycles. The monoisotopic (exact) mass is 492 g/mol. The molecule has 0 aliphatic rings. The van der Waals surface area contributed by atoms with E-state index >= 15 is 0 Å². The summed E-state index contributed by atoms with van der Waals surface area (Å²) in [5.74, 6) is 0.840. The topological polar surface area (TPSA) is 119 Å². The van der Waals surface area contributed by atoms with E-state index < -0.39 is 11.6 Å². The summed E-state index contributed by atoms with van der Waals surface area (Å²) in [7, 11) is 0. The van der Waals surface area contributed by atoms with Gasteiger partial charge in [0.2, 0.25) is 0 Å². The largest absolute Gasteiger partial charge is 0.456 e. The number of aromatic amines is 1. The number of esters is 1. The second-order valence-electron chi connectivity index (χ2n) is 8.40. The molecule has 0 spiro atoms. The zero-order valence-electron chi connectivity index (χ0n) is 20.1. The maximum atomic E-state index is 13.0. The second kappa shape index (κ2) is 10.4. The van der Waals surface area contributed by atoms with E-state index in [2.05, 4.69) is 25.6 Å². The molecule has 0 atom stereocenters. The predicted octanol–water partition coefficient (Wildman–Crippen LogP) is 4.45. The lowest BCUT2D eigenvalue weighted by Gasteiger charge is -2.21. The molecule has 9 nitrogen and oxygen atoms in total. The van der Waals surface area contributed by atoms with E-state index in [0.29, 0.717) is 23.2 Å². The van der Waals surface area contributed by atoms with Crippen LogP contribution in [0.1, 0.15) is 49.4 Å². The summed E-state index contributed by atoms with van der Waals surface area (Å²) in [5, 5.41) is 25.6. The molecule has 0 saturated heterocycles. The standard InChI is InChI=1S/C25H28N6O3S/c1-5-31-21(25(3,4)33)20(26-24(31)35-6-2)23(32)34-15-16-11-13-17(14-12-16)18-9-7-8-10-19(18)22-27-29-30-28-22/h7-14,33H,5-6,15H2,1-4H3,(H,27,28,29,30). The van der Waals surface area contributed by atoms with Gasteiger partial charge < -0.3 is 14.4 Å². The zero-order chi connectivity index (χ0) is 25.0. The van der Waals surface area contributed by atoms with Crippen molar-refractivity contribution in [1.29, 1.82) is 0 Å². The van der Waals surface area contributed by atoms with Crippen molar-refractivity contribution < 1.29 is 14.6 Å². The van der Waals surface area contributed by atoms with Gasteiger partial charge in [-0.2, -0.15) is 0 Å². The van der Waals surface area contributed by atoms with Gasteiger partial charge in [-0.05, 0) is 53.6 Å². The van der Waals surface area contributed by atoms with Gasteiger partial charge in [0.1, 0.15) is 12.2 Å². The van der Waals surface area contributed by atoms with E-state index in [0.717, 1.165) is 28.0 Å². The van der Waals surface area contributed by atoms with Crippen molar-refractivity contribution in [3.63, 3.8) is 0 Å². The number of hydrogen-bond acceptors (Lipinski definition) is 8. The lowest BCUT2D eigenvalue weighted by molar-refractivity contribution is 0.0421. The zero-order valence-corrected chi connectivity index (χ0v) is 21.0. The Hall–Kier alpha value is -3.50. The summed E-state index contributed by atoms with van der Waals surface area (Å²) < 4.78 is 7.48. The minimum Gasteiger partial charge on any atom is -0.456 e. The van der Waals surface area contributed by atoms with Crippen molar-refractivity contribution in [2.24, 2.45) is 0 Å². The van der Waals surface area contributed by atoms with Crippen molar-refractivity contribution >= 4 is 17.7 Å². The number of imidazole rings is 1. The highest BCUT2D eigenvalue weighted by Crippen LogP contribution is 2.31. The smallest absolute Gasteiger partial charge is 0.359 e. The van der Waals surface area contributed by atoms with Crippen LogP contribution in [0.3, 0.4) is 0 Å². The van der Waals surface area contributed by atoms with Crippen LogP contribution in [0, 0.1) is 0 Å². The summed E-state index contributed by atoms with van der Waals surface area (Å²) in [4.78, 5) is 17.5. The Labute approximate surface area is 207 Å². The van der Waals surface area contributed by atoms with Crippen molar-refractivity contribution in [3.8, 4) is 22.5 Å². The van der Waals surface area contributed by atoms with Crippen LogP contribution in [-0.2, 0) is 23.5 Å². The van der Waals surface area contributed by atoms with Gasteiger partial charge in [-0.25, -0.2) is 14.9 Å². The number of aliphatic hydroxyl groups is 1. The minimum absolute atomic E-state index is 0.0906. The van der Waals surface area contributed by atoms with Crippen molar-refractivity contribution in [3.05, 3.63) is 65.5 Å². The average Bonchev–Trinajstić information content (AvgIpc) is 3.51. The molecule has 0 fully saturated rings. The van der Waals surface area contributed by atoms with E-state index in [1.165, 1.54) is 11.8 Å². The van der Waals surface area contributed by atoms with Gasteiger partial charge in [-0.3, -0.25) is 0 Å². The van der Waals surface area contributed by atoms with E-state index in [4.69, 9.17) is 4.74 Å². The fourth-order valence-electron chi connectivity index (χ4n) is 3.94. The Morgan fingerprint density at radius 3 is 2.43 bits per heavy atom. The van der Waals surface area contributed by atoms with Gasteiger partial charge in [0, 0.05) is 12.1 Å². The first-order valence-corrected chi connectivity index (χ1v) is 12.4. The van der Waals surface area contributed by atoms with Gasteiger partial charge in [0.25, 0.3) is 0 Å². The Bertz CT molecular complexity index is 1290. The summed E-state index contributed by atoms with van der Waals surface area (Å²) in [6, 6.07) is 15.6. The molecular formula is C25H28N6O3S. The molecule has 2 aromatic carbocycles. The Kier molecular flexibility index (Phi) is 7.32. The van der Waals surface area contributed by atoms with Gasteiger partial charge in [-0.1, -0.05) is 67.2 Å². The van der Waals surface area contributed by atoms with Crippen molar-refractivity contribution in [1.82, 2.24) is 30.2 Å². The first kappa shape index (κ1) is 24.6. The molecule has 10 heteroatoms. The van der Waals surface area contributed by atoms with E-state index in [1.54, 1.807) is 13.8 Å². The molecule has 0 unspecified atom stereocenters. The molecule has 0 bridgehead atoms. The van der Waals surface area contributed by atoms with Crippen molar-refractivity contribution in [2.45, 2.75) is 51.6 Å². The number of aromatic nitrogens is 6. The van der Waals surface area contributed by atoms with Gasteiger partial charge in [0.05, 0.1) is 5.69 Å². The molecule has 182 valence electrons. The minimum atomic E-state index is -1.24.